The lowest BCUT2D eigenvalue weighted by Crippen LogP contribution is -2.37. The third kappa shape index (κ3) is 2.31. The van der Waals surface area contributed by atoms with E-state index in [1.165, 1.54) is 0 Å². The third-order valence-corrected chi connectivity index (χ3v) is 3.65. The zero-order chi connectivity index (χ0) is 13.9. The lowest BCUT2D eigenvalue weighted by molar-refractivity contribution is 0.0720. The van der Waals surface area contributed by atoms with E-state index in [2.05, 4.69) is 17.0 Å². The molecule has 0 aliphatic carbocycles. The highest BCUT2D eigenvalue weighted by Gasteiger charge is 2.24. The van der Waals surface area contributed by atoms with E-state index < -0.39 is 0 Å². The first-order valence-corrected chi connectivity index (χ1v) is 7.03. The van der Waals surface area contributed by atoms with Crippen molar-refractivity contribution in [3.63, 3.8) is 0 Å². The first-order chi connectivity index (χ1) is 9.79. The molecule has 104 valence electrons. The van der Waals surface area contributed by atoms with E-state index >= 15 is 0 Å². The Morgan fingerprint density at radius 3 is 3.00 bits per heavy atom. The summed E-state index contributed by atoms with van der Waals surface area (Å²) in [6.07, 6.45) is 3.48. The monoisotopic (exact) mass is 270 g/mol. The number of aryl methyl sites for hydroxylation is 1. The molecular weight excluding hydrogens is 252 g/mol. The van der Waals surface area contributed by atoms with Crippen molar-refractivity contribution in [3.8, 4) is 0 Å². The van der Waals surface area contributed by atoms with Crippen molar-refractivity contribution in [1.82, 2.24) is 19.7 Å². The van der Waals surface area contributed by atoms with Crippen LogP contribution in [0.3, 0.4) is 0 Å². The lowest BCUT2D eigenvalue weighted by Gasteiger charge is -2.28. The molecule has 5 heteroatoms. The van der Waals surface area contributed by atoms with Gasteiger partial charge in [-0.25, -0.2) is 9.67 Å². The first kappa shape index (κ1) is 12.8. The second-order valence-electron chi connectivity index (χ2n) is 5.03. The number of nitrogens with zero attached hydrogens (tertiary/aromatic N) is 4. The Balaban J connectivity index is 1.79. The molecule has 0 saturated carbocycles. The molecule has 0 N–H and O–H groups in total. The predicted molar refractivity (Wildman–Crippen MR) is 75.2 cm³/mol. The average Bonchev–Trinajstić information content (AvgIpc) is 2.90. The summed E-state index contributed by atoms with van der Waals surface area (Å²) < 4.78 is 1.88. The number of benzene rings is 1. The molecule has 0 atom stereocenters. The number of amides is 1. The van der Waals surface area contributed by atoms with Gasteiger partial charge in [-0.1, -0.05) is 25.1 Å². The lowest BCUT2D eigenvalue weighted by atomic mass is 9.99. The van der Waals surface area contributed by atoms with Crippen LogP contribution in [0.1, 0.15) is 35.1 Å². The molecular formula is C15H18N4O. The van der Waals surface area contributed by atoms with E-state index in [-0.39, 0.29) is 5.91 Å². The number of fused-ring (bicyclic) bond motifs is 1. The highest BCUT2D eigenvalue weighted by Crippen LogP contribution is 2.19. The SMILES string of the molecule is CCCn1ncnc1CN1CCc2ccccc2C1=O. The van der Waals surface area contributed by atoms with Crippen molar-refractivity contribution >= 4 is 5.91 Å². The Kier molecular flexibility index (Phi) is 3.50. The molecule has 1 aliphatic heterocycles. The van der Waals surface area contributed by atoms with E-state index in [9.17, 15) is 4.79 Å². The summed E-state index contributed by atoms with van der Waals surface area (Å²) in [6.45, 7) is 4.23. The van der Waals surface area contributed by atoms with Crippen molar-refractivity contribution in [2.75, 3.05) is 6.54 Å². The van der Waals surface area contributed by atoms with Gasteiger partial charge in [0.25, 0.3) is 5.91 Å². The van der Waals surface area contributed by atoms with Crippen LogP contribution in [0.25, 0.3) is 0 Å². The summed E-state index contributed by atoms with van der Waals surface area (Å²) in [4.78, 5) is 18.6. The zero-order valence-electron chi connectivity index (χ0n) is 11.6. The molecule has 0 fully saturated rings. The molecule has 20 heavy (non-hydrogen) atoms. The second kappa shape index (κ2) is 5.45. The van der Waals surface area contributed by atoms with E-state index in [0.717, 1.165) is 42.9 Å². The average molecular weight is 270 g/mol. The Hall–Kier alpha value is -2.17. The topological polar surface area (TPSA) is 51.0 Å². The van der Waals surface area contributed by atoms with Gasteiger partial charge in [-0.05, 0) is 24.5 Å². The Labute approximate surface area is 118 Å². The summed E-state index contributed by atoms with van der Waals surface area (Å²) in [5.74, 6) is 0.956. The summed E-state index contributed by atoms with van der Waals surface area (Å²) in [5.41, 5.74) is 1.96. The minimum absolute atomic E-state index is 0.0953. The van der Waals surface area contributed by atoms with Crippen molar-refractivity contribution in [2.24, 2.45) is 0 Å². The van der Waals surface area contributed by atoms with Gasteiger partial charge in [0.2, 0.25) is 0 Å². The normalized spacial score (nSPS) is 14.4. The van der Waals surface area contributed by atoms with Crippen LogP contribution in [0.15, 0.2) is 30.6 Å². The van der Waals surface area contributed by atoms with Crippen LogP contribution in [0.2, 0.25) is 0 Å². The van der Waals surface area contributed by atoms with Crippen LogP contribution >= 0.6 is 0 Å². The van der Waals surface area contributed by atoms with Gasteiger partial charge in [0, 0.05) is 18.7 Å². The fourth-order valence-electron chi connectivity index (χ4n) is 2.60. The molecule has 1 amide bonds. The molecule has 1 aromatic carbocycles. The van der Waals surface area contributed by atoms with Gasteiger partial charge in [0.15, 0.2) is 0 Å². The van der Waals surface area contributed by atoms with Crippen molar-refractivity contribution in [1.29, 1.82) is 0 Å². The minimum Gasteiger partial charge on any atom is -0.331 e. The summed E-state index contributed by atoms with van der Waals surface area (Å²) in [6, 6.07) is 7.84. The number of hydrogen-bond donors (Lipinski definition) is 0. The first-order valence-electron chi connectivity index (χ1n) is 7.03. The van der Waals surface area contributed by atoms with Crippen molar-refractivity contribution in [2.45, 2.75) is 32.9 Å². The second-order valence-corrected chi connectivity index (χ2v) is 5.03. The van der Waals surface area contributed by atoms with Gasteiger partial charge in [0.05, 0.1) is 6.54 Å². The maximum absolute atomic E-state index is 12.5. The fourth-order valence-corrected chi connectivity index (χ4v) is 2.60. The molecule has 0 unspecified atom stereocenters. The van der Waals surface area contributed by atoms with Gasteiger partial charge in [-0.15, -0.1) is 0 Å². The molecule has 1 aromatic heterocycles. The molecule has 2 heterocycles. The zero-order valence-corrected chi connectivity index (χ0v) is 11.6. The van der Waals surface area contributed by atoms with E-state index in [4.69, 9.17) is 0 Å². The molecule has 0 saturated heterocycles. The Morgan fingerprint density at radius 1 is 1.30 bits per heavy atom. The minimum atomic E-state index is 0.0953. The van der Waals surface area contributed by atoms with Crippen LogP contribution in [-0.4, -0.2) is 32.1 Å². The highest BCUT2D eigenvalue weighted by molar-refractivity contribution is 5.96. The maximum atomic E-state index is 12.5. The van der Waals surface area contributed by atoms with E-state index in [0.29, 0.717) is 6.54 Å². The number of rotatable bonds is 4. The Morgan fingerprint density at radius 2 is 2.15 bits per heavy atom. The van der Waals surface area contributed by atoms with E-state index in [1.807, 2.05) is 33.8 Å². The standard InChI is InChI=1S/C15H18N4O/c1-2-8-19-14(16-11-17-19)10-18-9-7-12-5-3-4-6-13(12)15(18)20/h3-6,11H,2,7-10H2,1H3. The molecule has 3 rings (SSSR count). The number of aromatic nitrogens is 3. The van der Waals surface area contributed by atoms with Crippen molar-refractivity contribution in [3.05, 3.63) is 47.5 Å². The Bertz CT molecular complexity index is 620. The van der Waals surface area contributed by atoms with Crippen LogP contribution in [-0.2, 0) is 19.5 Å². The summed E-state index contributed by atoms with van der Waals surface area (Å²) >= 11 is 0. The van der Waals surface area contributed by atoms with Crippen molar-refractivity contribution < 1.29 is 4.79 Å². The fraction of sp³-hybridized carbons (Fsp3) is 0.400. The largest absolute Gasteiger partial charge is 0.331 e. The molecule has 5 nitrogen and oxygen atoms in total. The molecule has 1 aliphatic rings. The number of hydrogen-bond acceptors (Lipinski definition) is 3. The van der Waals surface area contributed by atoms with Crippen LogP contribution < -0.4 is 0 Å². The molecule has 2 aromatic rings. The van der Waals surface area contributed by atoms with Gasteiger partial charge in [-0.3, -0.25) is 4.79 Å². The van der Waals surface area contributed by atoms with Gasteiger partial charge in [-0.2, -0.15) is 5.10 Å². The molecule has 0 bridgehead atoms. The van der Waals surface area contributed by atoms with Gasteiger partial charge >= 0.3 is 0 Å². The van der Waals surface area contributed by atoms with Gasteiger partial charge in [0.1, 0.15) is 12.2 Å². The maximum Gasteiger partial charge on any atom is 0.254 e. The van der Waals surface area contributed by atoms with Crippen LogP contribution in [0.4, 0.5) is 0 Å². The molecule has 0 spiro atoms. The summed E-state index contributed by atoms with van der Waals surface area (Å²) in [5, 5.41) is 4.21. The number of carbonyl (C=O) groups is 1. The van der Waals surface area contributed by atoms with Crippen LogP contribution in [0, 0.1) is 0 Å². The molecule has 0 radical (unpaired) electrons. The summed E-state index contributed by atoms with van der Waals surface area (Å²) in [7, 11) is 0. The highest BCUT2D eigenvalue weighted by atomic mass is 16.2. The smallest absolute Gasteiger partial charge is 0.254 e. The third-order valence-electron chi connectivity index (χ3n) is 3.65. The van der Waals surface area contributed by atoms with E-state index in [1.54, 1.807) is 6.33 Å². The predicted octanol–water partition coefficient (Wildman–Crippen LogP) is 1.89. The van der Waals surface area contributed by atoms with Crippen LogP contribution in [0.5, 0.6) is 0 Å². The van der Waals surface area contributed by atoms with Gasteiger partial charge < -0.3 is 4.90 Å². The number of carbonyl (C=O) groups excluding carboxylic acids is 1. The quantitative estimate of drug-likeness (QED) is 0.852.